The van der Waals surface area contributed by atoms with Gasteiger partial charge < -0.3 is 15.0 Å². The molecule has 3 aromatic heterocycles. The Hall–Kier alpha value is -3.77. The number of rotatable bonds is 8. The first-order valence-corrected chi connectivity index (χ1v) is 15.3. The number of nitrogens with zero attached hydrogens (tertiary/aromatic N) is 6. The van der Waals surface area contributed by atoms with Crippen LogP contribution < -0.4 is 25.2 Å². The number of carbonyl (C=O) groups excluding carboxylic acids is 1. The summed E-state index contributed by atoms with van der Waals surface area (Å²) in [4.78, 5) is 37.8. The second-order valence-corrected chi connectivity index (χ2v) is 11.6. The smallest absolute Gasteiger partial charge is 0.281 e. The molecule has 11 nitrogen and oxygen atoms in total. The Kier molecular flexibility index (Phi) is 8.65. The average Bonchev–Trinajstić information content (AvgIpc) is 3.36. The van der Waals surface area contributed by atoms with E-state index >= 15 is 0 Å². The minimum atomic E-state index is -0.351. The number of pyridine rings is 1. The minimum Gasteiger partial charge on any atom is -0.481 e. The number of hydrogen-bond acceptors (Lipinski definition) is 9. The molecule has 5 rings (SSSR count). The molecule has 0 spiro atoms. The van der Waals surface area contributed by atoms with E-state index in [9.17, 15) is 9.59 Å². The van der Waals surface area contributed by atoms with Gasteiger partial charge in [0.15, 0.2) is 5.69 Å². The van der Waals surface area contributed by atoms with Crippen LogP contribution >= 0.6 is 23.5 Å². The van der Waals surface area contributed by atoms with Crippen molar-refractivity contribution in [1.82, 2.24) is 29.0 Å². The Balaban J connectivity index is 1.47. The maximum absolute atomic E-state index is 13.7. The molecule has 0 saturated carbocycles. The lowest BCUT2D eigenvalue weighted by Crippen LogP contribution is -2.38. The van der Waals surface area contributed by atoms with Crippen molar-refractivity contribution in [3.05, 3.63) is 68.4 Å². The van der Waals surface area contributed by atoms with Crippen LogP contribution in [0.15, 0.2) is 35.1 Å². The number of aromatic nitrogens is 5. The molecule has 0 radical (unpaired) electrons. The summed E-state index contributed by atoms with van der Waals surface area (Å²) in [6.07, 6.45) is 3.54. The quantitative estimate of drug-likeness (QED) is 0.218. The summed E-state index contributed by atoms with van der Waals surface area (Å²) >= 11 is 7.29. The van der Waals surface area contributed by atoms with Crippen LogP contribution in [-0.4, -0.2) is 56.7 Å². The molecule has 4 aromatic rings. The number of halogens is 1. The van der Waals surface area contributed by atoms with Crippen molar-refractivity contribution < 1.29 is 9.53 Å². The molecule has 2 N–H and O–H groups in total. The van der Waals surface area contributed by atoms with Crippen molar-refractivity contribution in [1.29, 1.82) is 0 Å². The Morgan fingerprint density at radius 1 is 1.17 bits per heavy atom. The van der Waals surface area contributed by atoms with E-state index in [2.05, 4.69) is 25.0 Å². The first-order valence-electron chi connectivity index (χ1n) is 13.7. The number of piperidine rings is 1. The first-order chi connectivity index (χ1) is 20.1. The van der Waals surface area contributed by atoms with Gasteiger partial charge in [-0.25, -0.2) is 14.6 Å². The summed E-state index contributed by atoms with van der Waals surface area (Å²) in [5, 5.41) is 8.82. The molecule has 4 heterocycles. The zero-order valence-electron chi connectivity index (χ0n) is 24.6. The highest BCUT2D eigenvalue weighted by Crippen LogP contribution is 2.33. The van der Waals surface area contributed by atoms with E-state index in [0.717, 1.165) is 48.6 Å². The van der Waals surface area contributed by atoms with Gasteiger partial charge in [-0.05, 0) is 50.5 Å². The number of fused-ring (bicyclic) bond motifs is 1. The molecule has 1 unspecified atom stereocenters. The molecular weight excluding hydrogens is 576 g/mol. The zero-order chi connectivity index (χ0) is 30.1. The standard InChI is InChI=1S/C29H35ClN8O3S/c1-16-13-19(17(2)31-21-7-8-23(30)32-26(21)27(39)35-42-6)25-20(14-16)28(40)36(3)29(33-25)38-11-9-18(10-12-38)22-15-24(41-5)37(4)34-22/h7-8,13-15,17-18,31H,9-12H2,1-6H3,(H,35,39). The van der Waals surface area contributed by atoms with Crippen LogP contribution in [0.5, 0.6) is 5.88 Å². The molecule has 1 amide bonds. The number of hydrogen-bond donors (Lipinski definition) is 2. The third-order valence-electron chi connectivity index (χ3n) is 7.70. The summed E-state index contributed by atoms with van der Waals surface area (Å²) in [5.41, 5.74) is 4.08. The topological polar surface area (TPSA) is 119 Å². The van der Waals surface area contributed by atoms with Gasteiger partial charge in [0, 0.05) is 51.0 Å². The van der Waals surface area contributed by atoms with Crippen LogP contribution in [0, 0.1) is 6.92 Å². The first kappa shape index (κ1) is 29.7. The van der Waals surface area contributed by atoms with Crippen LogP contribution in [0.3, 0.4) is 0 Å². The summed E-state index contributed by atoms with van der Waals surface area (Å²) in [6.45, 7) is 5.43. The van der Waals surface area contributed by atoms with Crippen molar-refractivity contribution in [3.63, 3.8) is 0 Å². The minimum absolute atomic E-state index is 0.100. The molecule has 1 aromatic carbocycles. The predicted molar refractivity (Wildman–Crippen MR) is 168 cm³/mol. The van der Waals surface area contributed by atoms with Gasteiger partial charge in [0.05, 0.1) is 35.4 Å². The van der Waals surface area contributed by atoms with E-state index in [-0.39, 0.29) is 28.4 Å². The van der Waals surface area contributed by atoms with Crippen LogP contribution in [0.25, 0.3) is 10.9 Å². The lowest BCUT2D eigenvalue weighted by Gasteiger charge is -2.33. The van der Waals surface area contributed by atoms with Crippen molar-refractivity contribution >= 4 is 52.0 Å². The van der Waals surface area contributed by atoms with Gasteiger partial charge in [0.1, 0.15) is 5.15 Å². The molecule has 1 aliphatic rings. The van der Waals surface area contributed by atoms with E-state index in [1.54, 1.807) is 41.8 Å². The largest absolute Gasteiger partial charge is 0.481 e. The molecule has 1 fully saturated rings. The molecular formula is C29H35ClN8O3S. The third-order valence-corrected chi connectivity index (χ3v) is 8.30. The number of benzene rings is 1. The number of aryl methyl sites for hydroxylation is 2. The fourth-order valence-electron chi connectivity index (χ4n) is 5.57. The van der Waals surface area contributed by atoms with Gasteiger partial charge >= 0.3 is 0 Å². The van der Waals surface area contributed by atoms with Crippen LogP contribution in [0.2, 0.25) is 5.15 Å². The van der Waals surface area contributed by atoms with Crippen molar-refractivity contribution in [2.24, 2.45) is 14.1 Å². The van der Waals surface area contributed by atoms with E-state index in [1.165, 1.54) is 11.9 Å². The molecule has 42 heavy (non-hydrogen) atoms. The maximum Gasteiger partial charge on any atom is 0.281 e. The molecule has 0 aliphatic carbocycles. The monoisotopic (exact) mass is 610 g/mol. The van der Waals surface area contributed by atoms with Crippen molar-refractivity contribution in [2.45, 2.75) is 38.6 Å². The highest BCUT2D eigenvalue weighted by atomic mass is 35.5. The van der Waals surface area contributed by atoms with Crippen molar-refractivity contribution in [3.8, 4) is 5.88 Å². The Bertz CT molecular complexity index is 1700. The second-order valence-electron chi connectivity index (χ2n) is 10.6. The average molecular weight is 611 g/mol. The molecule has 222 valence electrons. The SMILES string of the molecule is COc1cc(C2CCN(c3nc4c(C(C)Nc5ccc(Cl)nc5C(=O)NSC)cc(C)cc4c(=O)n3C)CC2)nn1C. The molecule has 1 aliphatic heterocycles. The summed E-state index contributed by atoms with van der Waals surface area (Å²) < 4.78 is 11.5. The van der Waals surface area contributed by atoms with Crippen LogP contribution in [-0.2, 0) is 14.1 Å². The number of ether oxygens (including phenoxy) is 1. The second kappa shape index (κ2) is 12.2. The van der Waals surface area contributed by atoms with Gasteiger partial charge in [-0.3, -0.25) is 18.9 Å². The summed E-state index contributed by atoms with van der Waals surface area (Å²) in [6, 6.07) is 8.98. The highest BCUT2D eigenvalue weighted by molar-refractivity contribution is 7.97. The van der Waals surface area contributed by atoms with Crippen LogP contribution in [0.1, 0.15) is 59.0 Å². The summed E-state index contributed by atoms with van der Waals surface area (Å²) in [7, 11) is 5.30. The molecule has 1 saturated heterocycles. The normalized spacial score (nSPS) is 14.7. The number of nitrogens with one attached hydrogen (secondary N) is 2. The lowest BCUT2D eigenvalue weighted by atomic mass is 9.94. The van der Waals surface area contributed by atoms with Gasteiger partial charge in [0.25, 0.3) is 11.5 Å². The Labute approximate surface area is 253 Å². The van der Waals surface area contributed by atoms with Crippen molar-refractivity contribution in [2.75, 3.05) is 36.7 Å². The highest BCUT2D eigenvalue weighted by Gasteiger charge is 2.27. The Morgan fingerprint density at radius 3 is 2.57 bits per heavy atom. The van der Waals surface area contributed by atoms with E-state index < -0.39 is 0 Å². The number of amides is 1. The fourth-order valence-corrected chi connectivity index (χ4v) is 6.00. The number of methoxy groups -OCH3 is 1. The lowest BCUT2D eigenvalue weighted by molar-refractivity contribution is 0.0980. The van der Waals surface area contributed by atoms with Gasteiger partial charge in [-0.2, -0.15) is 5.10 Å². The molecule has 13 heteroatoms. The van der Waals surface area contributed by atoms with E-state index in [4.69, 9.17) is 21.3 Å². The zero-order valence-corrected chi connectivity index (χ0v) is 26.1. The van der Waals surface area contributed by atoms with Gasteiger partial charge in [0.2, 0.25) is 11.8 Å². The molecule has 0 bridgehead atoms. The summed E-state index contributed by atoms with van der Waals surface area (Å²) in [5.74, 6) is 1.33. The van der Waals surface area contributed by atoms with E-state index in [0.29, 0.717) is 28.5 Å². The maximum atomic E-state index is 13.7. The fraction of sp³-hybridized carbons (Fsp3) is 0.414. The van der Waals surface area contributed by atoms with Gasteiger partial charge in [-0.1, -0.05) is 29.6 Å². The number of carbonyl (C=O) groups is 1. The Morgan fingerprint density at radius 2 is 1.90 bits per heavy atom. The number of anilines is 2. The molecule has 1 atom stereocenters. The van der Waals surface area contributed by atoms with E-state index in [1.807, 2.05) is 39.1 Å². The third kappa shape index (κ3) is 5.78. The predicted octanol–water partition coefficient (Wildman–Crippen LogP) is 4.60. The van der Waals surface area contributed by atoms with Crippen LogP contribution in [0.4, 0.5) is 11.6 Å². The van der Waals surface area contributed by atoms with Gasteiger partial charge in [-0.15, -0.1) is 0 Å².